The summed E-state index contributed by atoms with van der Waals surface area (Å²) >= 11 is 1.70. The van der Waals surface area contributed by atoms with Crippen molar-refractivity contribution in [2.45, 2.75) is 12.5 Å². The van der Waals surface area contributed by atoms with E-state index in [2.05, 4.69) is 6.07 Å². The van der Waals surface area contributed by atoms with Gasteiger partial charge in [0.1, 0.15) is 24.7 Å². The van der Waals surface area contributed by atoms with Crippen molar-refractivity contribution < 1.29 is 28.5 Å². The molecule has 3 rings (SSSR count). The van der Waals surface area contributed by atoms with Gasteiger partial charge in [0.2, 0.25) is 11.8 Å². The Morgan fingerprint density at radius 3 is 2.72 bits per heavy atom. The van der Waals surface area contributed by atoms with Gasteiger partial charge in [-0.1, -0.05) is 6.07 Å². The smallest absolute Gasteiger partial charge is 0.249 e. The molecule has 2 aromatic rings. The van der Waals surface area contributed by atoms with Crippen molar-refractivity contribution in [1.29, 1.82) is 0 Å². The third-order valence-electron chi connectivity index (χ3n) is 5.38. The third kappa shape index (κ3) is 5.99. The predicted molar refractivity (Wildman–Crippen MR) is 121 cm³/mol. The van der Waals surface area contributed by atoms with E-state index in [9.17, 15) is 9.59 Å². The second-order valence-electron chi connectivity index (χ2n) is 7.38. The fourth-order valence-electron chi connectivity index (χ4n) is 3.70. The van der Waals surface area contributed by atoms with Crippen LogP contribution in [0.3, 0.4) is 0 Å². The number of amides is 2. The summed E-state index contributed by atoms with van der Waals surface area (Å²) < 4.78 is 21.4. The minimum atomic E-state index is -0.240. The molecule has 0 N–H and O–H groups in total. The molecular formula is C23H30N2O6S. The Bertz CT molecular complexity index is 902. The Hall–Kier alpha value is -2.62. The number of nitrogens with zero attached hydrogens (tertiary/aromatic N) is 2. The molecule has 2 amide bonds. The van der Waals surface area contributed by atoms with Gasteiger partial charge in [0.05, 0.1) is 26.3 Å². The van der Waals surface area contributed by atoms with E-state index >= 15 is 0 Å². The SMILES string of the molecule is COCCN(CC(=O)N1CCc2sccc2[C@H]1COc1cccc(OC)c1)C(=O)COC. The van der Waals surface area contributed by atoms with Gasteiger partial charge in [0.15, 0.2) is 0 Å². The number of hydrogen-bond acceptors (Lipinski definition) is 7. The van der Waals surface area contributed by atoms with Gasteiger partial charge in [-0.15, -0.1) is 11.3 Å². The van der Waals surface area contributed by atoms with Crippen LogP contribution in [0.1, 0.15) is 16.5 Å². The summed E-state index contributed by atoms with van der Waals surface area (Å²) in [6, 6.07) is 9.22. The molecule has 1 atom stereocenters. The van der Waals surface area contributed by atoms with Gasteiger partial charge in [-0.3, -0.25) is 9.59 Å². The van der Waals surface area contributed by atoms with Crippen LogP contribution in [-0.2, 0) is 25.5 Å². The van der Waals surface area contributed by atoms with Crippen LogP contribution in [0.5, 0.6) is 11.5 Å². The average molecular weight is 463 g/mol. The zero-order valence-corrected chi connectivity index (χ0v) is 19.6. The molecule has 0 saturated heterocycles. The van der Waals surface area contributed by atoms with Crippen molar-refractivity contribution in [3.8, 4) is 11.5 Å². The molecule has 32 heavy (non-hydrogen) atoms. The van der Waals surface area contributed by atoms with Crippen molar-refractivity contribution in [3.63, 3.8) is 0 Å². The number of fused-ring (bicyclic) bond motifs is 1. The lowest BCUT2D eigenvalue weighted by Crippen LogP contribution is -2.49. The molecule has 1 aliphatic rings. The van der Waals surface area contributed by atoms with E-state index in [-0.39, 0.29) is 31.0 Å². The Morgan fingerprint density at radius 1 is 1.16 bits per heavy atom. The highest BCUT2D eigenvalue weighted by atomic mass is 32.1. The molecule has 0 saturated carbocycles. The van der Waals surface area contributed by atoms with Crippen LogP contribution < -0.4 is 9.47 Å². The number of carbonyl (C=O) groups excluding carboxylic acids is 2. The lowest BCUT2D eigenvalue weighted by Gasteiger charge is -2.37. The van der Waals surface area contributed by atoms with Crippen LogP contribution in [0.15, 0.2) is 35.7 Å². The van der Waals surface area contributed by atoms with Gasteiger partial charge >= 0.3 is 0 Å². The molecule has 0 aliphatic carbocycles. The Balaban J connectivity index is 1.75. The van der Waals surface area contributed by atoms with Crippen LogP contribution in [-0.4, -0.2) is 82.4 Å². The molecule has 9 heteroatoms. The van der Waals surface area contributed by atoms with Gasteiger partial charge in [0.25, 0.3) is 0 Å². The average Bonchev–Trinajstić information content (AvgIpc) is 3.29. The Labute approximate surface area is 192 Å². The maximum absolute atomic E-state index is 13.3. The summed E-state index contributed by atoms with van der Waals surface area (Å²) in [4.78, 5) is 30.3. The van der Waals surface area contributed by atoms with Gasteiger partial charge in [-0.2, -0.15) is 0 Å². The molecule has 0 unspecified atom stereocenters. The molecule has 8 nitrogen and oxygen atoms in total. The van der Waals surface area contributed by atoms with Gasteiger partial charge in [-0.05, 0) is 35.6 Å². The monoisotopic (exact) mass is 462 g/mol. The molecule has 1 aromatic heterocycles. The number of ether oxygens (including phenoxy) is 4. The molecule has 0 fully saturated rings. The Kier molecular flexibility index (Phi) is 8.90. The summed E-state index contributed by atoms with van der Waals surface area (Å²) in [6.07, 6.45) is 0.790. The van der Waals surface area contributed by atoms with Crippen LogP contribution in [0.4, 0.5) is 0 Å². The highest BCUT2D eigenvalue weighted by Crippen LogP contribution is 2.34. The van der Waals surface area contributed by atoms with Crippen LogP contribution in [0, 0.1) is 0 Å². The van der Waals surface area contributed by atoms with Gasteiger partial charge in [0, 0.05) is 38.3 Å². The Morgan fingerprint density at radius 2 is 1.97 bits per heavy atom. The molecule has 0 spiro atoms. The van der Waals surface area contributed by atoms with E-state index < -0.39 is 0 Å². The van der Waals surface area contributed by atoms with Crippen molar-refractivity contribution >= 4 is 23.2 Å². The fraction of sp³-hybridized carbons (Fsp3) is 0.478. The maximum Gasteiger partial charge on any atom is 0.249 e. The fourth-order valence-corrected chi connectivity index (χ4v) is 4.63. The van der Waals surface area contributed by atoms with E-state index in [4.69, 9.17) is 18.9 Å². The molecule has 1 aliphatic heterocycles. The highest BCUT2D eigenvalue weighted by Gasteiger charge is 2.33. The van der Waals surface area contributed by atoms with Crippen LogP contribution in [0.2, 0.25) is 0 Å². The summed E-state index contributed by atoms with van der Waals surface area (Å²) in [7, 11) is 4.64. The number of benzene rings is 1. The number of rotatable bonds is 11. The van der Waals surface area contributed by atoms with Crippen molar-refractivity contribution in [2.24, 2.45) is 0 Å². The topological polar surface area (TPSA) is 77.5 Å². The first-order valence-electron chi connectivity index (χ1n) is 10.5. The minimum Gasteiger partial charge on any atom is -0.497 e. The first kappa shape index (κ1) is 24.0. The van der Waals surface area contributed by atoms with E-state index in [1.165, 1.54) is 16.9 Å². The van der Waals surface area contributed by atoms with Crippen LogP contribution >= 0.6 is 11.3 Å². The van der Waals surface area contributed by atoms with E-state index in [0.717, 1.165) is 12.0 Å². The number of thiophene rings is 1. The van der Waals surface area contributed by atoms with Crippen molar-refractivity contribution in [2.75, 3.05) is 60.8 Å². The van der Waals surface area contributed by atoms with Crippen LogP contribution in [0.25, 0.3) is 0 Å². The normalized spacial score (nSPS) is 15.2. The van der Waals surface area contributed by atoms with Gasteiger partial charge < -0.3 is 28.7 Å². The molecule has 174 valence electrons. The molecular weight excluding hydrogens is 432 g/mol. The molecule has 0 radical (unpaired) electrons. The van der Waals surface area contributed by atoms with Gasteiger partial charge in [-0.25, -0.2) is 0 Å². The maximum atomic E-state index is 13.3. The predicted octanol–water partition coefficient (Wildman–Crippen LogP) is 2.38. The van der Waals surface area contributed by atoms with E-state index in [1.54, 1.807) is 25.6 Å². The summed E-state index contributed by atoms with van der Waals surface area (Å²) in [5, 5.41) is 2.05. The molecule has 2 heterocycles. The first-order valence-corrected chi connectivity index (χ1v) is 11.3. The lowest BCUT2D eigenvalue weighted by molar-refractivity contribution is -0.145. The zero-order chi connectivity index (χ0) is 22.9. The number of methoxy groups -OCH3 is 3. The molecule has 1 aromatic carbocycles. The summed E-state index contributed by atoms with van der Waals surface area (Å²) in [5.74, 6) is 1.02. The second-order valence-corrected chi connectivity index (χ2v) is 8.38. The summed E-state index contributed by atoms with van der Waals surface area (Å²) in [6.45, 7) is 1.46. The van der Waals surface area contributed by atoms with E-state index in [1.807, 2.05) is 34.5 Å². The van der Waals surface area contributed by atoms with E-state index in [0.29, 0.717) is 37.8 Å². The molecule has 0 bridgehead atoms. The third-order valence-corrected chi connectivity index (χ3v) is 6.37. The lowest BCUT2D eigenvalue weighted by atomic mass is 10.0. The summed E-state index contributed by atoms with van der Waals surface area (Å²) in [5.41, 5.74) is 1.10. The zero-order valence-electron chi connectivity index (χ0n) is 18.7. The van der Waals surface area contributed by atoms with Crippen molar-refractivity contribution in [1.82, 2.24) is 9.80 Å². The highest BCUT2D eigenvalue weighted by molar-refractivity contribution is 7.10. The standard InChI is InChI=1S/C23H30N2O6S/c1-28-11-10-24(23(27)16-29-2)14-22(26)25-9-7-21-19(8-12-32-21)20(25)15-31-18-6-4-5-17(13-18)30-3/h4-6,8,12-13,20H,7,9-11,14-16H2,1-3H3/t20-/m1/s1. The van der Waals surface area contributed by atoms with Crippen molar-refractivity contribution in [3.05, 3.63) is 46.2 Å². The second kappa shape index (κ2) is 11.8. The minimum absolute atomic E-state index is 0.0271. The number of carbonyl (C=O) groups is 2. The number of hydrogen-bond donors (Lipinski definition) is 0. The largest absolute Gasteiger partial charge is 0.497 e. The first-order chi connectivity index (χ1) is 15.6. The quantitative estimate of drug-likeness (QED) is 0.510.